The predicted octanol–water partition coefficient (Wildman–Crippen LogP) is 3.50. The number of esters is 1. The number of imidazole rings is 1. The average molecular weight is 387 g/mol. The van der Waals surface area contributed by atoms with Crippen molar-refractivity contribution in [2.75, 3.05) is 7.11 Å². The molecule has 2 heterocycles. The van der Waals surface area contributed by atoms with Gasteiger partial charge in [-0.1, -0.05) is 17.7 Å². The Balaban J connectivity index is 2.22. The minimum Gasteiger partial charge on any atom is -0.466 e. The third-order valence-electron chi connectivity index (χ3n) is 4.45. The first-order valence-electron chi connectivity index (χ1n) is 8.13. The van der Waals surface area contributed by atoms with Crippen LogP contribution in [0.4, 0.5) is 4.39 Å². The molecule has 2 unspecified atom stereocenters. The van der Waals surface area contributed by atoms with Gasteiger partial charge in [0.1, 0.15) is 5.82 Å². The van der Waals surface area contributed by atoms with Crippen LogP contribution < -0.4 is 0 Å². The lowest BCUT2D eigenvalue weighted by Crippen LogP contribution is -2.30. The molecule has 0 radical (unpaired) electrons. The number of carbonyl (C=O) groups excluding carboxylic acids is 1. The Kier molecular flexibility index (Phi) is 5.38. The van der Waals surface area contributed by atoms with Gasteiger partial charge in [0.05, 0.1) is 43.2 Å². The highest BCUT2D eigenvalue weighted by Gasteiger charge is 2.39. The van der Waals surface area contributed by atoms with Crippen molar-refractivity contribution in [1.82, 2.24) is 9.55 Å². The Morgan fingerprint density at radius 3 is 2.85 bits per heavy atom. The molecule has 0 saturated heterocycles. The van der Waals surface area contributed by atoms with E-state index in [0.29, 0.717) is 17.0 Å². The maximum Gasteiger partial charge on any atom is 0.336 e. The number of allylic oxidation sites excluding steroid dienone is 1. The van der Waals surface area contributed by atoms with E-state index in [2.05, 4.69) is 16.0 Å². The minimum atomic E-state index is -0.728. The van der Waals surface area contributed by atoms with Crippen molar-refractivity contribution >= 4 is 23.3 Å². The number of nitriles is 1. The molecule has 2 aromatic rings. The zero-order chi connectivity index (χ0) is 19.6. The molecule has 8 heteroatoms. The fourth-order valence-electron chi connectivity index (χ4n) is 3.22. The lowest BCUT2D eigenvalue weighted by atomic mass is 9.76. The molecule has 3 rings (SSSR count). The molecule has 1 aromatic carbocycles. The van der Waals surface area contributed by atoms with Crippen molar-refractivity contribution in [3.05, 3.63) is 64.6 Å². The van der Waals surface area contributed by atoms with Gasteiger partial charge in [-0.2, -0.15) is 5.26 Å². The van der Waals surface area contributed by atoms with Crippen molar-refractivity contribution in [2.24, 2.45) is 10.9 Å². The van der Waals surface area contributed by atoms with Crippen LogP contribution in [0.25, 0.3) is 0 Å². The summed E-state index contributed by atoms with van der Waals surface area (Å²) < 4.78 is 20.3. The third kappa shape index (κ3) is 3.62. The fourth-order valence-corrected chi connectivity index (χ4v) is 3.50. The normalized spacial score (nSPS) is 19.4. The number of benzene rings is 1. The van der Waals surface area contributed by atoms with Gasteiger partial charge in [-0.15, -0.1) is 0 Å². The molecule has 0 spiro atoms. The van der Waals surface area contributed by atoms with Crippen LogP contribution in [0.5, 0.6) is 0 Å². The smallest absolute Gasteiger partial charge is 0.336 e. The van der Waals surface area contributed by atoms with Crippen molar-refractivity contribution in [1.29, 1.82) is 5.26 Å². The van der Waals surface area contributed by atoms with E-state index in [4.69, 9.17) is 16.3 Å². The highest BCUT2D eigenvalue weighted by molar-refractivity contribution is 6.31. The number of halogens is 2. The molecule has 6 nitrogen and oxygen atoms in total. The summed E-state index contributed by atoms with van der Waals surface area (Å²) in [4.78, 5) is 21.1. The van der Waals surface area contributed by atoms with Gasteiger partial charge in [0.25, 0.3) is 0 Å². The van der Waals surface area contributed by atoms with Crippen LogP contribution in [-0.2, 0) is 16.1 Å². The standard InChI is InChI=1S/C19H16ClFN4O2/c1-11-14(8-22)17(13-4-3-12(21)7-15(13)20)18(19(26)27-2)16(24-11)9-25-6-5-23-10-25/h3-7,10,14,17H,9H2,1-2H3. The van der Waals surface area contributed by atoms with Crippen molar-refractivity contribution in [2.45, 2.75) is 19.4 Å². The topological polar surface area (TPSA) is 80.3 Å². The van der Waals surface area contributed by atoms with Gasteiger partial charge in [-0.3, -0.25) is 4.99 Å². The average Bonchev–Trinajstić information content (AvgIpc) is 3.14. The van der Waals surface area contributed by atoms with Crippen molar-refractivity contribution in [3.63, 3.8) is 0 Å². The number of ether oxygens (including phenoxy) is 1. The Morgan fingerprint density at radius 1 is 1.48 bits per heavy atom. The van der Waals surface area contributed by atoms with Crippen molar-refractivity contribution < 1.29 is 13.9 Å². The Bertz CT molecular complexity index is 976. The van der Waals surface area contributed by atoms with Crippen LogP contribution in [0.2, 0.25) is 5.02 Å². The summed E-state index contributed by atoms with van der Waals surface area (Å²) in [5, 5.41) is 9.85. The highest BCUT2D eigenvalue weighted by Crippen LogP contribution is 2.42. The molecule has 0 fully saturated rings. The summed E-state index contributed by atoms with van der Waals surface area (Å²) in [5.74, 6) is -2.55. The number of methoxy groups -OCH3 is 1. The molecule has 1 aromatic heterocycles. The van der Waals surface area contributed by atoms with Crippen LogP contribution in [0, 0.1) is 23.1 Å². The van der Waals surface area contributed by atoms with E-state index in [1.54, 1.807) is 30.2 Å². The zero-order valence-electron chi connectivity index (χ0n) is 14.7. The molecule has 0 N–H and O–H groups in total. The zero-order valence-corrected chi connectivity index (χ0v) is 15.4. The Labute approximate surface area is 160 Å². The fraction of sp³-hybridized carbons (Fsp3) is 0.263. The number of aliphatic imine (C=N–C) groups is 1. The van der Waals surface area contributed by atoms with Gasteiger partial charge in [-0.05, 0) is 24.6 Å². The molecular formula is C19H16ClFN4O2. The molecule has 0 aliphatic carbocycles. The summed E-state index contributed by atoms with van der Waals surface area (Å²) in [5.41, 5.74) is 1.71. The number of carbonyl (C=O) groups is 1. The number of hydrogen-bond acceptors (Lipinski definition) is 5. The molecule has 138 valence electrons. The van der Waals surface area contributed by atoms with Gasteiger partial charge in [-0.25, -0.2) is 14.2 Å². The lowest BCUT2D eigenvalue weighted by molar-refractivity contribution is -0.136. The van der Waals surface area contributed by atoms with Crippen LogP contribution in [0.1, 0.15) is 18.4 Å². The van der Waals surface area contributed by atoms with E-state index >= 15 is 0 Å². The second-order valence-electron chi connectivity index (χ2n) is 6.09. The predicted molar refractivity (Wildman–Crippen MR) is 97.6 cm³/mol. The second kappa shape index (κ2) is 7.72. The molecule has 1 aliphatic rings. The van der Waals surface area contributed by atoms with E-state index in [0.717, 1.165) is 6.07 Å². The molecule has 27 heavy (non-hydrogen) atoms. The quantitative estimate of drug-likeness (QED) is 0.753. The van der Waals surface area contributed by atoms with Gasteiger partial charge in [0.2, 0.25) is 0 Å². The number of nitrogens with zero attached hydrogens (tertiary/aromatic N) is 4. The molecule has 0 saturated carbocycles. The molecule has 2 atom stereocenters. The third-order valence-corrected chi connectivity index (χ3v) is 4.78. The van der Waals surface area contributed by atoms with Gasteiger partial charge in [0.15, 0.2) is 0 Å². The maximum absolute atomic E-state index is 13.5. The van der Waals surface area contributed by atoms with E-state index in [-0.39, 0.29) is 17.1 Å². The summed E-state index contributed by atoms with van der Waals surface area (Å²) >= 11 is 6.26. The van der Waals surface area contributed by atoms with E-state index in [1.807, 2.05) is 0 Å². The monoisotopic (exact) mass is 386 g/mol. The first-order chi connectivity index (χ1) is 13.0. The minimum absolute atomic E-state index is 0.137. The summed E-state index contributed by atoms with van der Waals surface area (Å²) in [7, 11) is 1.26. The number of hydrogen-bond donors (Lipinski definition) is 0. The number of aromatic nitrogens is 2. The molecule has 1 aliphatic heterocycles. The van der Waals surface area contributed by atoms with Crippen LogP contribution in [0.3, 0.4) is 0 Å². The molecule has 0 amide bonds. The van der Waals surface area contributed by atoms with E-state index in [1.165, 1.54) is 19.2 Å². The lowest BCUT2D eigenvalue weighted by Gasteiger charge is -2.30. The Hall–Kier alpha value is -2.98. The first-order valence-corrected chi connectivity index (χ1v) is 8.51. The number of rotatable bonds is 4. The van der Waals surface area contributed by atoms with Gasteiger partial charge in [0, 0.05) is 29.0 Å². The summed E-state index contributed by atoms with van der Waals surface area (Å²) in [6.07, 6.45) is 4.95. The van der Waals surface area contributed by atoms with Gasteiger partial charge >= 0.3 is 5.97 Å². The second-order valence-corrected chi connectivity index (χ2v) is 6.50. The van der Waals surface area contributed by atoms with Crippen LogP contribution in [0.15, 0.2) is 53.2 Å². The summed E-state index contributed by atoms with van der Waals surface area (Å²) in [6, 6.07) is 6.09. The van der Waals surface area contributed by atoms with Crippen LogP contribution >= 0.6 is 11.6 Å². The molecular weight excluding hydrogens is 371 g/mol. The van der Waals surface area contributed by atoms with Crippen molar-refractivity contribution in [3.8, 4) is 6.07 Å². The SMILES string of the molecule is COC(=O)C1=C(Cn2ccnc2)N=C(C)C(C#N)C1c1ccc(F)cc1Cl. The highest BCUT2D eigenvalue weighted by atomic mass is 35.5. The van der Waals surface area contributed by atoms with Gasteiger partial charge < -0.3 is 9.30 Å². The largest absolute Gasteiger partial charge is 0.466 e. The van der Waals surface area contributed by atoms with E-state index in [9.17, 15) is 14.4 Å². The Morgan fingerprint density at radius 2 is 2.26 bits per heavy atom. The molecule has 0 bridgehead atoms. The first kappa shape index (κ1) is 18.8. The summed E-state index contributed by atoms with van der Waals surface area (Å²) in [6.45, 7) is 2.00. The maximum atomic E-state index is 13.5. The van der Waals surface area contributed by atoms with Crippen LogP contribution in [-0.4, -0.2) is 28.3 Å². The van der Waals surface area contributed by atoms with E-state index < -0.39 is 23.6 Å².